The van der Waals surface area contributed by atoms with Crippen molar-refractivity contribution >= 4 is 66.1 Å². The number of amides is 1. The highest BCUT2D eigenvalue weighted by atomic mass is 35.5. The summed E-state index contributed by atoms with van der Waals surface area (Å²) in [6.07, 6.45) is 5.74. The summed E-state index contributed by atoms with van der Waals surface area (Å²) in [7, 11) is -10.9. The SMILES string of the molecule is CC1(C)CCC(c2ccc(Cl)cc2)=C(CN2CCN(c3ccc(C(=O)NS(=O)(=O)c4ccc(NC(CCN5CCC6(CC5)CN(C(C)(C)C)C6)CSc5ccccc5)c(S(=O)(=O)C(F)(F)F)c4)cc3)CC2)C1. The average molecular weight is 1070 g/mol. The topological polar surface area (TPSA) is 122 Å². The molecule has 1 aliphatic carbocycles. The van der Waals surface area contributed by atoms with Gasteiger partial charge in [0.25, 0.3) is 25.8 Å². The standard InChI is InChI=1S/C54H68ClF3N6O5S3/c1-51(2,3)64-37-53(38-64)24-27-61(28-25-53)26-22-43(36-70-45-9-7-6-8-10-45)59-48-20-19-46(33-49(48)71(66,67)54(56,57)58)72(68,69)60-50(65)40-13-17-44(18-14-40)63-31-29-62(30-32-63)35-41-34-52(4,5)23-21-47(41)39-11-15-42(55)16-12-39/h6-20,33,43,59H,21-32,34-38H2,1-5H3,(H,60,65). The second-order valence-electron chi connectivity index (χ2n) is 21.9. The molecule has 4 aromatic rings. The Bertz CT molecular complexity index is 2800. The molecule has 1 atom stereocenters. The van der Waals surface area contributed by atoms with Crippen LogP contribution >= 0.6 is 23.4 Å². The summed E-state index contributed by atoms with van der Waals surface area (Å²) in [5.74, 6) is -0.623. The van der Waals surface area contributed by atoms with Gasteiger partial charge in [0, 0.05) is 90.9 Å². The van der Waals surface area contributed by atoms with Gasteiger partial charge < -0.3 is 15.1 Å². The maximum atomic E-state index is 14.4. The molecular weight excluding hydrogens is 1000 g/mol. The molecule has 0 saturated carbocycles. The Balaban J connectivity index is 0.920. The van der Waals surface area contributed by atoms with E-state index in [0.29, 0.717) is 35.2 Å². The quantitative estimate of drug-likeness (QED) is 0.104. The number of likely N-dealkylation sites (tertiary alicyclic amines) is 2. The van der Waals surface area contributed by atoms with Gasteiger partial charge in [-0.15, -0.1) is 11.8 Å². The summed E-state index contributed by atoms with van der Waals surface area (Å²) in [5, 5.41) is 3.80. The van der Waals surface area contributed by atoms with E-state index in [9.17, 15) is 34.8 Å². The lowest BCUT2D eigenvalue weighted by Gasteiger charge is -2.58. The number of sulfonamides is 1. The van der Waals surface area contributed by atoms with Crippen LogP contribution in [0.5, 0.6) is 0 Å². The van der Waals surface area contributed by atoms with Crippen molar-refractivity contribution in [3.63, 3.8) is 0 Å². The molecule has 0 bridgehead atoms. The van der Waals surface area contributed by atoms with E-state index in [1.807, 2.05) is 47.2 Å². The van der Waals surface area contributed by atoms with Gasteiger partial charge in [-0.1, -0.05) is 61.4 Å². The first kappa shape index (κ1) is 54.2. The number of nitrogens with one attached hydrogen (secondary N) is 2. The highest BCUT2D eigenvalue weighted by molar-refractivity contribution is 7.99. The van der Waals surface area contributed by atoms with Crippen LogP contribution in [0.4, 0.5) is 24.5 Å². The van der Waals surface area contributed by atoms with E-state index in [4.69, 9.17) is 11.6 Å². The molecule has 2 N–H and O–H groups in total. The Morgan fingerprint density at radius 2 is 1.46 bits per heavy atom. The number of allylic oxidation sites excluding steroid dienone is 1. The van der Waals surface area contributed by atoms with Crippen LogP contribution in [-0.4, -0.2) is 126 Å². The Labute approximate surface area is 433 Å². The third-order valence-electron chi connectivity index (χ3n) is 15.0. The fourth-order valence-electron chi connectivity index (χ4n) is 10.5. The minimum atomic E-state index is -6.06. The van der Waals surface area contributed by atoms with Gasteiger partial charge in [0.05, 0.1) is 10.6 Å². The van der Waals surface area contributed by atoms with Gasteiger partial charge in [-0.05, 0) is 161 Å². The Morgan fingerprint density at radius 1 is 0.806 bits per heavy atom. The number of hydrogen-bond acceptors (Lipinski definition) is 11. The number of piperidine rings is 1. The third-order valence-corrected chi connectivity index (χ3v) is 19.3. The van der Waals surface area contributed by atoms with Crippen LogP contribution in [0.15, 0.2) is 117 Å². The highest BCUT2D eigenvalue weighted by Gasteiger charge is 2.49. The van der Waals surface area contributed by atoms with Crippen LogP contribution in [-0.2, 0) is 19.9 Å². The number of nitrogens with zero attached hydrogens (tertiary/aromatic N) is 4. The molecule has 3 aliphatic heterocycles. The summed E-state index contributed by atoms with van der Waals surface area (Å²) in [6, 6.07) is 26.1. The lowest BCUT2D eigenvalue weighted by molar-refractivity contribution is -0.0900. The number of carbonyl (C=O) groups excluding carboxylic acids is 1. The number of piperazine rings is 1. The summed E-state index contributed by atoms with van der Waals surface area (Å²) in [6.45, 7) is 19.8. The van der Waals surface area contributed by atoms with E-state index in [0.717, 1.165) is 114 Å². The van der Waals surface area contributed by atoms with Crippen molar-refractivity contribution in [1.82, 2.24) is 19.4 Å². The first-order valence-electron chi connectivity index (χ1n) is 24.9. The van der Waals surface area contributed by atoms with E-state index in [-0.39, 0.29) is 22.2 Å². The number of carbonyl (C=O) groups is 1. The number of anilines is 2. The molecule has 1 amide bonds. The van der Waals surface area contributed by atoms with Crippen molar-refractivity contribution in [2.45, 2.75) is 105 Å². The molecule has 3 heterocycles. The van der Waals surface area contributed by atoms with Crippen LogP contribution in [0.25, 0.3) is 5.57 Å². The fourth-order valence-corrected chi connectivity index (χ4v) is 13.6. The maximum Gasteiger partial charge on any atom is 0.501 e. The molecule has 3 fully saturated rings. The van der Waals surface area contributed by atoms with Gasteiger partial charge in [-0.25, -0.2) is 21.6 Å². The van der Waals surface area contributed by atoms with Gasteiger partial charge in [-0.3, -0.25) is 14.6 Å². The summed E-state index contributed by atoms with van der Waals surface area (Å²) in [4.78, 5) is 21.9. The van der Waals surface area contributed by atoms with Crippen molar-refractivity contribution in [2.75, 3.05) is 81.4 Å². The molecule has 3 saturated heterocycles. The van der Waals surface area contributed by atoms with Crippen LogP contribution in [0.3, 0.4) is 0 Å². The summed E-state index contributed by atoms with van der Waals surface area (Å²) < 4.78 is 99.0. The molecule has 18 heteroatoms. The maximum absolute atomic E-state index is 14.4. The number of thioether (sulfide) groups is 1. The fraction of sp³-hybridized carbons (Fsp3) is 0.500. The van der Waals surface area contributed by atoms with E-state index in [1.54, 1.807) is 12.1 Å². The molecule has 1 spiro atoms. The molecule has 0 radical (unpaired) electrons. The van der Waals surface area contributed by atoms with Gasteiger partial charge >= 0.3 is 5.51 Å². The summed E-state index contributed by atoms with van der Waals surface area (Å²) in [5.41, 5.74) is -0.553. The van der Waals surface area contributed by atoms with Crippen LogP contribution in [0.1, 0.15) is 89.1 Å². The van der Waals surface area contributed by atoms with Crippen molar-refractivity contribution in [3.8, 4) is 0 Å². The Kier molecular flexibility index (Phi) is 16.3. The number of hydrogen-bond donors (Lipinski definition) is 2. The Morgan fingerprint density at radius 3 is 2.08 bits per heavy atom. The van der Waals surface area contributed by atoms with Gasteiger partial charge in [0.15, 0.2) is 0 Å². The highest BCUT2D eigenvalue weighted by Crippen LogP contribution is 2.45. The van der Waals surface area contributed by atoms with Crippen molar-refractivity contribution in [3.05, 3.63) is 119 Å². The van der Waals surface area contributed by atoms with E-state index >= 15 is 0 Å². The number of sulfone groups is 1. The molecule has 8 rings (SSSR count). The van der Waals surface area contributed by atoms with Crippen LogP contribution in [0, 0.1) is 10.8 Å². The summed E-state index contributed by atoms with van der Waals surface area (Å²) >= 11 is 7.69. The Hall–Kier alpha value is -4.10. The molecule has 1 unspecified atom stereocenters. The predicted molar refractivity (Wildman–Crippen MR) is 284 cm³/mol. The number of alkyl halides is 3. The van der Waals surface area contributed by atoms with Crippen molar-refractivity contribution < 1.29 is 34.8 Å². The van der Waals surface area contributed by atoms with E-state index in [1.165, 1.54) is 40.6 Å². The van der Waals surface area contributed by atoms with E-state index in [2.05, 4.69) is 71.7 Å². The van der Waals surface area contributed by atoms with Gasteiger partial charge in [-0.2, -0.15) is 13.2 Å². The van der Waals surface area contributed by atoms with Gasteiger partial charge in [0.2, 0.25) is 0 Å². The third kappa shape index (κ3) is 13.0. The first-order valence-corrected chi connectivity index (χ1v) is 29.2. The normalized spacial score (nSPS) is 19.8. The molecule has 72 heavy (non-hydrogen) atoms. The molecular formula is C54H68ClF3N6O5S3. The monoisotopic (exact) mass is 1070 g/mol. The lowest BCUT2D eigenvalue weighted by atomic mass is 9.70. The minimum absolute atomic E-state index is 0.00571. The van der Waals surface area contributed by atoms with Crippen molar-refractivity contribution in [1.29, 1.82) is 0 Å². The largest absolute Gasteiger partial charge is 0.501 e. The second kappa shape index (κ2) is 21.6. The number of halogens is 4. The lowest BCUT2D eigenvalue weighted by Crippen LogP contribution is -2.65. The number of benzene rings is 4. The smallest absolute Gasteiger partial charge is 0.380 e. The van der Waals surface area contributed by atoms with Crippen LogP contribution < -0.4 is 14.9 Å². The predicted octanol–water partition coefficient (Wildman–Crippen LogP) is 10.7. The zero-order valence-corrected chi connectivity index (χ0v) is 45.1. The minimum Gasteiger partial charge on any atom is -0.380 e. The first-order chi connectivity index (χ1) is 33.9. The zero-order chi connectivity index (χ0) is 51.7. The van der Waals surface area contributed by atoms with Crippen LogP contribution in [0.2, 0.25) is 5.02 Å². The second-order valence-corrected chi connectivity index (χ2v) is 27.0. The zero-order valence-electron chi connectivity index (χ0n) is 41.9. The molecule has 11 nitrogen and oxygen atoms in total. The molecule has 4 aromatic carbocycles. The number of rotatable bonds is 16. The molecule has 4 aliphatic rings. The molecule has 390 valence electrons. The molecule has 0 aromatic heterocycles. The van der Waals surface area contributed by atoms with Gasteiger partial charge in [0.1, 0.15) is 4.90 Å². The van der Waals surface area contributed by atoms with E-state index < -0.39 is 47.1 Å². The van der Waals surface area contributed by atoms with Crippen molar-refractivity contribution in [2.24, 2.45) is 10.8 Å². The average Bonchev–Trinajstić information content (AvgIpc) is 3.32.